The number of esters is 1. The molecule has 0 bridgehead atoms. The first-order valence-electron chi connectivity index (χ1n) is 5.39. The number of rotatable bonds is 4. The average molecular weight is 287 g/mol. The van der Waals surface area contributed by atoms with Crippen LogP contribution in [-0.4, -0.2) is 24.2 Å². The van der Waals surface area contributed by atoms with Crippen molar-refractivity contribution in [2.24, 2.45) is 5.73 Å². The number of nitrogens with two attached hydrogens (primary N) is 1. The fourth-order valence-electron chi connectivity index (χ4n) is 1.58. The number of aliphatic carboxylic acids is 1. The third-order valence-corrected chi connectivity index (χ3v) is 2.80. The molecule has 1 aromatic carbocycles. The molecule has 3 N–H and O–H groups in total. The van der Waals surface area contributed by atoms with Gasteiger partial charge in [-0.25, -0.2) is 4.79 Å². The third-order valence-electron chi connectivity index (χ3n) is 2.80. The van der Waals surface area contributed by atoms with Crippen LogP contribution >= 0.6 is 0 Å². The third kappa shape index (κ3) is 3.83. The van der Waals surface area contributed by atoms with Gasteiger partial charge >= 0.3 is 35.5 Å². The van der Waals surface area contributed by atoms with Gasteiger partial charge in [-0.2, -0.15) is 0 Å². The maximum Gasteiger partial charge on any atom is 1.00 e. The van der Waals surface area contributed by atoms with Gasteiger partial charge in [-0.05, 0) is 30.2 Å². The van der Waals surface area contributed by atoms with E-state index in [9.17, 15) is 19.8 Å². The van der Waals surface area contributed by atoms with Gasteiger partial charge in [0.15, 0.2) is 0 Å². The number of carbonyl (C=O) groups is 2. The second kappa shape index (κ2) is 7.44. The Morgan fingerprint density at radius 3 is 2.25 bits per heavy atom. The molecule has 6 nitrogen and oxygen atoms in total. The molecule has 0 amide bonds. The number of ether oxygens (including phenoxy) is 1. The summed E-state index contributed by atoms with van der Waals surface area (Å²) in [5.41, 5.74) is 4.11. The number of phenols is 1. The van der Waals surface area contributed by atoms with Crippen molar-refractivity contribution in [1.82, 2.24) is 0 Å². The van der Waals surface area contributed by atoms with Gasteiger partial charge < -0.3 is 25.5 Å². The quantitative estimate of drug-likeness (QED) is 0.336. The van der Waals surface area contributed by atoms with E-state index >= 15 is 0 Å². The Hall–Kier alpha value is -1.34. The zero-order chi connectivity index (χ0) is 14.6. The minimum Gasteiger partial charge on any atom is -0.547 e. The number of carboxylic acid groups (broad SMARTS) is 1. The van der Waals surface area contributed by atoms with Crippen molar-refractivity contribution >= 4 is 11.9 Å². The van der Waals surface area contributed by atoms with Gasteiger partial charge in [0, 0.05) is 6.08 Å². The standard InChI is InChI=1S/C13H15NO5.Na/c1-8(7-11(16)19-2)13(14,12(17)18)9-3-5-10(15)6-4-9;/h3-7,15H,14H2,1-2H3,(H,17,18);/q;+1/p-1. The van der Waals surface area contributed by atoms with E-state index in [1.165, 1.54) is 38.3 Å². The van der Waals surface area contributed by atoms with Crippen LogP contribution in [0.25, 0.3) is 0 Å². The smallest absolute Gasteiger partial charge is 0.547 e. The molecule has 0 saturated heterocycles. The maximum absolute atomic E-state index is 11.3. The Morgan fingerprint density at radius 1 is 1.35 bits per heavy atom. The van der Waals surface area contributed by atoms with Crippen LogP contribution in [0.2, 0.25) is 0 Å². The summed E-state index contributed by atoms with van der Waals surface area (Å²) in [6, 6.07) is 5.29. The molecular formula is C13H14NNaO5. The topological polar surface area (TPSA) is 113 Å². The molecule has 0 saturated carbocycles. The monoisotopic (exact) mass is 287 g/mol. The second-order valence-corrected chi connectivity index (χ2v) is 3.99. The Morgan fingerprint density at radius 2 is 1.85 bits per heavy atom. The predicted octanol–water partition coefficient (Wildman–Crippen LogP) is -3.58. The number of methoxy groups -OCH3 is 1. The van der Waals surface area contributed by atoms with Crippen LogP contribution in [0.4, 0.5) is 0 Å². The molecule has 1 aromatic rings. The summed E-state index contributed by atoms with van der Waals surface area (Å²) in [4.78, 5) is 22.5. The van der Waals surface area contributed by atoms with E-state index in [2.05, 4.69) is 4.74 Å². The number of benzene rings is 1. The Balaban J connectivity index is 0.00000361. The molecule has 7 heteroatoms. The Kier molecular flexibility index (Phi) is 6.95. The fraction of sp³-hybridized carbons (Fsp3) is 0.231. The van der Waals surface area contributed by atoms with Gasteiger partial charge in [0.2, 0.25) is 0 Å². The molecule has 1 rings (SSSR count). The molecule has 0 heterocycles. The van der Waals surface area contributed by atoms with E-state index in [1.54, 1.807) is 0 Å². The van der Waals surface area contributed by atoms with Crippen LogP contribution < -0.4 is 40.4 Å². The predicted molar refractivity (Wildman–Crippen MR) is 64.8 cm³/mol. The van der Waals surface area contributed by atoms with Gasteiger partial charge in [0.25, 0.3) is 0 Å². The molecule has 0 aliphatic heterocycles. The fourth-order valence-corrected chi connectivity index (χ4v) is 1.58. The Labute approximate surface area is 138 Å². The van der Waals surface area contributed by atoms with Crippen LogP contribution in [0.5, 0.6) is 5.75 Å². The van der Waals surface area contributed by atoms with Crippen molar-refractivity contribution in [1.29, 1.82) is 0 Å². The largest absolute Gasteiger partial charge is 1.00 e. The van der Waals surface area contributed by atoms with Crippen LogP contribution in [0.3, 0.4) is 0 Å². The van der Waals surface area contributed by atoms with Crippen LogP contribution in [0, 0.1) is 0 Å². The van der Waals surface area contributed by atoms with E-state index in [4.69, 9.17) is 5.73 Å². The summed E-state index contributed by atoms with van der Waals surface area (Å²) < 4.78 is 4.43. The summed E-state index contributed by atoms with van der Waals surface area (Å²) in [6.07, 6.45) is 0.989. The van der Waals surface area contributed by atoms with Crippen LogP contribution in [0.15, 0.2) is 35.9 Å². The van der Waals surface area contributed by atoms with Crippen molar-refractivity contribution in [3.63, 3.8) is 0 Å². The van der Waals surface area contributed by atoms with Crippen molar-refractivity contribution in [2.45, 2.75) is 12.5 Å². The zero-order valence-corrected chi connectivity index (χ0v) is 13.5. The summed E-state index contributed by atoms with van der Waals surface area (Å²) in [5.74, 6) is -2.30. The van der Waals surface area contributed by atoms with Gasteiger partial charge in [0.1, 0.15) is 11.3 Å². The molecular weight excluding hydrogens is 273 g/mol. The van der Waals surface area contributed by atoms with Crippen LogP contribution in [-0.2, 0) is 19.9 Å². The first-order valence-corrected chi connectivity index (χ1v) is 5.39. The van der Waals surface area contributed by atoms with E-state index in [-0.39, 0.29) is 46.4 Å². The van der Waals surface area contributed by atoms with E-state index in [0.717, 1.165) is 6.08 Å². The molecule has 0 aromatic heterocycles. The zero-order valence-electron chi connectivity index (χ0n) is 11.5. The van der Waals surface area contributed by atoms with Crippen molar-refractivity contribution in [2.75, 3.05) is 7.11 Å². The summed E-state index contributed by atoms with van der Waals surface area (Å²) in [6.45, 7) is 1.39. The number of hydrogen-bond acceptors (Lipinski definition) is 6. The van der Waals surface area contributed by atoms with Crippen molar-refractivity contribution in [3.05, 3.63) is 41.5 Å². The number of phenolic OH excluding ortho intramolecular Hbond substituents is 1. The SMILES string of the molecule is COC(=O)C=C(C)C(N)(C(=O)[O-])c1ccc(O)cc1.[Na+]. The van der Waals surface area contributed by atoms with Crippen molar-refractivity contribution < 1.29 is 54.1 Å². The molecule has 102 valence electrons. The molecule has 0 aliphatic carbocycles. The molecule has 0 aliphatic rings. The summed E-state index contributed by atoms with van der Waals surface area (Å²) >= 11 is 0. The molecule has 1 unspecified atom stereocenters. The van der Waals surface area contributed by atoms with Crippen LogP contribution in [0.1, 0.15) is 12.5 Å². The molecule has 0 spiro atoms. The first-order chi connectivity index (χ1) is 8.82. The van der Waals surface area contributed by atoms with E-state index < -0.39 is 17.5 Å². The second-order valence-electron chi connectivity index (χ2n) is 3.99. The molecule has 0 fully saturated rings. The minimum absolute atomic E-state index is 0. The molecule has 1 atom stereocenters. The van der Waals surface area contributed by atoms with Gasteiger partial charge in [0.05, 0.1) is 13.1 Å². The van der Waals surface area contributed by atoms with Crippen molar-refractivity contribution in [3.8, 4) is 5.75 Å². The number of aromatic hydroxyl groups is 1. The molecule has 0 radical (unpaired) electrons. The number of hydrogen-bond donors (Lipinski definition) is 2. The average Bonchev–Trinajstić information content (AvgIpc) is 2.38. The first kappa shape index (κ1) is 18.7. The minimum atomic E-state index is -1.97. The number of carbonyl (C=O) groups excluding carboxylic acids is 2. The van der Waals surface area contributed by atoms with Gasteiger partial charge in [-0.1, -0.05) is 12.1 Å². The van der Waals surface area contributed by atoms with Gasteiger partial charge in [-0.15, -0.1) is 0 Å². The van der Waals surface area contributed by atoms with E-state index in [1.807, 2.05) is 0 Å². The maximum atomic E-state index is 11.3. The van der Waals surface area contributed by atoms with Gasteiger partial charge in [-0.3, -0.25) is 0 Å². The Bertz CT molecular complexity index is 526. The summed E-state index contributed by atoms with van der Waals surface area (Å²) in [5, 5.41) is 20.5. The molecule has 20 heavy (non-hydrogen) atoms. The van der Waals surface area contributed by atoms with E-state index in [0.29, 0.717) is 0 Å². The normalized spacial score (nSPS) is 13.8. The summed E-state index contributed by atoms with van der Waals surface area (Å²) in [7, 11) is 1.17. The number of carboxylic acids is 1.